The first-order valence-corrected chi connectivity index (χ1v) is 12.2. The zero-order valence-corrected chi connectivity index (χ0v) is 21.5. The number of hydrogen-bond acceptors (Lipinski definition) is 5. The van der Waals surface area contributed by atoms with Gasteiger partial charge in [0.2, 0.25) is 11.8 Å². The minimum Gasteiger partial charge on any atom is -0.465 e. The molecule has 2 atom stereocenters. The van der Waals surface area contributed by atoms with Gasteiger partial charge in [-0.2, -0.15) is 0 Å². The molecule has 0 radical (unpaired) electrons. The molecule has 0 aliphatic carbocycles. The molecule has 37 heavy (non-hydrogen) atoms. The number of alkyl carbamates (subject to hydrolysis) is 1. The topological polar surface area (TPSA) is 146 Å². The fraction of sp³-hybridized carbons (Fsp3) is 0.407. The van der Waals surface area contributed by atoms with E-state index in [1.807, 2.05) is 60.7 Å². The zero-order valence-electron chi connectivity index (χ0n) is 21.5. The highest BCUT2D eigenvalue weighted by Crippen LogP contribution is 2.09. The van der Waals surface area contributed by atoms with Crippen molar-refractivity contribution >= 4 is 24.0 Å². The van der Waals surface area contributed by atoms with E-state index >= 15 is 0 Å². The number of amides is 4. The molecule has 0 aromatic heterocycles. The summed E-state index contributed by atoms with van der Waals surface area (Å²) in [6, 6.07) is 16.6. The lowest BCUT2D eigenvalue weighted by Gasteiger charge is -2.23. The van der Waals surface area contributed by atoms with Crippen molar-refractivity contribution in [1.29, 1.82) is 0 Å². The Kier molecular flexibility index (Phi) is 11.4. The Morgan fingerprint density at radius 3 is 1.59 bits per heavy atom. The molecule has 0 saturated heterocycles. The van der Waals surface area contributed by atoms with E-state index in [2.05, 4.69) is 21.3 Å². The first kappa shape index (κ1) is 29.2. The normalized spacial score (nSPS) is 12.5. The third-order valence-electron chi connectivity index (χ3n) is 5.14. The summed E-state index contributed by atoms with van der Waals surface area (Å²) < 4.78 is 5.29. The van der Waals surface area contributed by atoms with Gasteiger partial charge in [0, 0.05) is 25.9 Å². The van der Waals surface area contributed by atoms with Gasteiger partial charge in [-0.1, -0.05) is 60.7 Å². The Morgan fingerprint density at radius 2 is 1.19 bits per heavy atom. The van der Waals surface area contributed by atoms with E-state index < -0.39 is 35.8 Å². The van der Waals surface area contributed by atoms with E-state index in [-0.39, 0.29) is 31.8 Å². The van der Waals surface area contributed by atoms with Crippen LogP contribution >= 0.6 is 0 Å². The van der Waals surface area contributed by atoms with Crippen molar-refractivity contribution in [3.63, 3.8) is 0 Å². The number of carbonyl (C=O) groups excluding carboxylic acids is 3. The van der Waals surface area contributed by atoms with Crippen molar-refractivity contribution in [3.05, 3.63) is 71.8 Å². The van der Waals surface area contributed by atoms with Crippen LogP contribution in [-0.4, -0.2) is 59.9 Å². The smallest absolute Gasteiger partial charge is 0.408 e. The van der Waals surface area contributed by atoms with Crippen molar-refractivity contribution in [3.8, 4) is 0 Å². The Hall–Kier alpha value is -4.08. The lowest BCUT2D eigenvalue weighted by atomic mass is 10.1. The summed E-state index contributed by atoms with van der Waals surface area (Å²) in [5, 5.41) is 19.4. The second kappa shape index (κ2) is 14.5. The number of carbonyl (C=O) groups is 4. The largest absolute Gasteiger partial charge is 0.465 e. The fourth-order valence-electron chi connectivity index (χ4n) is 3.47. The molecule has 0 aliphatic heterocycles. The van der Waals surface area contributed by atoms with E-state index in [0.29, 0.717) is 6.42 Å². The number of rotatable bonds is 12. The minimum atomic E-state index is -1.29. The maximum Gasteiger partial charge on any atom is 0.408 e. The van der Waals surface area contributed by atoms with Crippen molar-refractivity contribution in [1.82, 2.24) is 21.3 Å². The molecule has 0 heterocycles. The molecule has 0 saturated carbocycles. The lowest BCUT2D eigenvalue weighted by Crippen LogP contribution is -2.50. The van der Waals surface area contributed by atoms with Crippen LogP contribution < -0.4 is 21.3 Å². The van der Waals surface area contributed by atoms with Crippen LogP contribution in [-0.2, 0) is 27.2 Å². The summed E-state index contributed by atoms with van der Waals surface area (Å²) in [5.41, 5.74) is 0.996. The Balaban J connectivity index is 1.85. The second-order valence-corrected chi connectivity index (χ2v) is 9.52. The number of hydrogen-bond donors (Lipinski definition) is 5. The van der Waals surface area contributed by atoms with Gasteiger partial charge in [-0.3, -0.25) is 9.59 Å². The van der Waals surface area contributed by atoms with Gasteiger partial charge in [-0.15, -0.1) is 0 Å². The van der Waals surface area contributed by atoms with E-state index in [1.165, 1.54) is 0 Å². The Morgan fingerprint density at radius 1 is 0.757 bits per heavy atom. The molecule has 0 fully saturated rings. The Labute approximate surface area is 217 Å². The average Bonchev–Trinajstić information content (AvgIpc) is 2.82. The number of benzene rings is 2. The first-order chi connectivity index (χ1) is 17.5. The predicted molar refractivity (Wildman–Crippen MR) is 139 cm³/mol. The summed E-state index contributed by atoms with van der Waals surface area (Å²) in [6.07, 6.45) is -1.07. The summed E-state index contributed by atoms with van der Waals surface area (Å²) >= 11 is 0. The highest BCUT2D eigenvalue weighted by Gasteiger charge is 2.25. The number of carboxylic acid groups (broad SMARTS) is 1. The number of nitrogens with one attached hydrogen (secondary N) is 4. The monoisotopic (exact) mass is 512 g/mol. The van der Waals surface area contributed by atoms with Gasteiger partial charge in [-0.05, 0) is 38.3 Å². The van der Waals surface area contributed by atoms with Crippen LogP contribution in [0.4, 0.5) is 9.59 Å². The summed E-state index contributed by atoms with van der Waals surface area (Å²) in [6.45, 7) is 5.70. The molecule has 2 aromatic carbocycles. The molecular weight excluding hydrogens is 476 g/mol. The molecule has 200 valence electrons. The van der Waals surface area contributed by atoms with Gasteiger partial charge in [-0.25, -0.2) is 9.59 Å². The maximum atomic E-state index is 12.8. The van der Waals surface area contributed by atoms with E-state index in [9.17, 15) is 19.2 Å². The summed E-state index contributed by atoms with van der Waals surface area (Å²) in [5.74, 6) is -0.832. The standard InChI is InChI=1S/C27H36N4O6/c1-27(2,3)37-26(36)31-22(18-20-13-8-5-9-14-20)24(33)29-16-10-15-28-23(32)21(30-25(34)35)17-19-11-6-4-7-12-19/h4-9,11-14,21-22,30H,10,15-18H2,1-3H3,(H,28,32)(H,29,33)(H,31,36)(H,34,35)/t21-,22-/m0/s1. The van der Waals surface area contributed by atoms with E-state index in [0.717, 1.165) is 11.1 Å². The zero-order chi connectivity index (χ0) is 27.3. The van der Waals surface area contributed by atoms with Gasteiger partial charge in [0.05, 0.1) is 0 Å². The van der Waals surface area contributed by atoms with Crippen molar-refractivity contribution < 1.29 is 29.0 Å². The molecule has 2 aromatic rings. The first-order valence-electron chi connectivity index (χ1n) is 12.2. The van der Waals surface area contributed by atoms with Crippen LogP contribution in [0.15, 0.2) is 60.7 Å². The molecule has 10 heteroatoms. The predicted octanol–water partition coefficient (Wildman–Crippen LogP) is 2.62. The minimum absolute atomic E-state index is 0.215. The molecule has 0 unspecified atom stereocenters. The molecule has 5 N–H and O–H groups in total. The van der Waals surface area contributed by atoms with Gasteiger partial charge in [0.15, 0.2) is 0 Å². The summed E-state index contributed by atoms with van der Waals surface area (Å²) in [4.78, 5) is 48.8. The molecule has 0 bridgehead atoms. The molecule has 4 amide bonds. The van der Waals surface area contributed by atoms with Gasteiger partial charge in [0.25, 0.3) is 0 Å². The molecule has 10 nitrogen and oxygen atoms in total. The van der Waals surface area contributed by atoms with Crippen LogP contribution in [0.5, 0.6) is 0 Å². The van der Waals surface area contributed by atoms with Gasteiger partial charge >= 0.3 is 12.2 Å². The maximum absolute atomic E-state index is 12.8. The third kappa shape index (κ3) is 11.9. The van der Waals surface area contributed by atoms with Crippen LogP contribution in [0.25, 0.3) is 0 Å². The average molecular weight is 513 g/mol. The Bertz CT molecular complexity index is 1020. The van der Waals surface area contributed by atoms with Crippen LogP contribution in [0.2, 0.25) is 0 Å². The third-order valence-corrected chi connectivity index (χ3v) is 5.14. The van der Waals surface area contributed by atoms with Crippen LogP contribution in [0.1, 0.15) is 38.3 Å². The fourth-order valence-corrected chi connectivity index (χ4v) is 3.47. The molecule has 2 rings (SSSR count). The van der Waals surface area contributed by atoms with E-state index in [1.54, 1.807) is 20.8 Å². The quantitative estimate of drug-likeness (QED) is 0.276. The van der Waals surface area contributed by atoms with Gasteiger partial charge in [0.1, 0.15) is 17.7 Å². The second-order valence-electron chi connectivity index (χ2n) is 9.52. The molecule has 0 spiro atoms. The number of ether oxygens (including phenoxy) is 1. The van der Waals surface area contributed by atoms with Crippen molar-refractivity contribution in [2.45, 2.75) is 57.7 Å². The van der Waals surface area contributed by atoms with Gasteiger partial charge < -0.3 is 31.1 Å². The highest BCUT2D eigenvalue weighted by atomic mass is 16.6. The SMILES string of the molecule is CC(C)(C)OC(=O)N[C@@H](Cc1ccccc1)C(=O)NCCCNC(=O)[C@H](Cc1ccccc1)NC(=O)O. The van der Waals surface area contributed by atoms with Crippen molar-refractivity contribution in [2.75, 3.05) is 13.1 Å². The highest BCUT2D eigenvalue weighted by molar-refractivity contribution is 5.86. The summed E-state index contributed by atoms with van der Waals surface area (Å²) in [7, 11) is 0. The molecular formula is C27H36N4O6. The lowest BCUT2D eigenvalue weighted by molar-refractivity contribution is -0.123. The van der Waals surface area contributed by atoms with Crippen LogP contribution in [0.3, 0.4) is 0 Å². The van der Waals surface area contributed by atoms with E-state index in [4.69, 9.17) is 9.84 Å². The molecule has 0 aliphatic rings. The van der Waals surface area contributed by atoms with Crippen molar-refractivity contribution in [2.24, 2.45) is 0 Å². The van der Waals surface area contributed by atoms with Crippen LogP contribution in [0, 0.1) is 0 Å².